The zero-order valence-electron chi connectivity index (χ0n) is 27.3. The molecule has 4 rings (SSSR count). The van der Waals surface area contributed by atoms with Gasteiger partial charge < -0.3 is 25.6 Å². The number of rotatable bonds is 20. The number of unbranched alkanes of at least 4 members (excludes halogenated alkanes) is 5. The van der Waals surface area contributed by atoms with Crippen molar-refractivity contribution in [3.05, 3.63) is 35.4 Å². The van der Waals surface area contributed by atoms with E-state index in [0.29, 0.717) is 30.5 Å². The van der Waals surface area contributed by atoms with Crippen LogP contribution in [0.25, 0.3) is 0 Å². The van der Waals surface area contributed by atoms with E-state index in [1.165, 1.54) is 4.90 Å². The number of nitrogens with zero attached hydrogens (tertiary/aromatic N) is 1. The standard InChI is InChI=1S/C35H51N3O8/c1-23(2)19-28(30(41)35(21-40)22-46-35)36-32(43)29(20-39)37-31(42)25(24-13-8-9-14-24)15-7-5-3-4-6-12-18-38-33(44)26-16-10-11-17-27(26)34(38)45/h10-11,16-17,23-25,28-29,39-40H,3-9,12-15,18-22H2,1-2H3,(H,36,43)(H,37,42)/t25-,28?,29?,35?/m0/s1. The van der Waals surface area contributed by atoms with Crippen molar-refractivity contribution in [2.24, 2.45) is 17.8 Å². The maximum Gasteiger partial charge on any atom is 0.261 e. The normalized spacial score (nSPS) is 21.3. The molecule has 0 spiro atoms. The first-order chi connectivity index (χ1) is 22.1. The summed E-state index contributed by atoms with van der Waals surface area (Å²) >= 11 is 0. The molecule has 0 radical (unpaired) electrons. The van der Waals surface area contributed by atoms with Gasteiger partial charge in [0.1, 0.15) is 6.04 Å². The van der Waals surface area contributed by atoms with Gasteiger partial charge in [0.15, 0.2) is 11.4 Å². The van der Waals surface area contributed by atoms with E-state index in [0.717, 1.165) is 64.2 Å². The summed E-state index contributed by atoms with van der Waals surface area (Å²) in [6.45, 7) is 3.29. The number of ketones is 1. The Labute approximate surface area is 271 Å². The number of ether oxygens (including phenoxy) is 1. The molecule has 1 saturated carbocycles. The Morgan fingerprint density at radius 1 is 0.891 bits per heavy atom. The number of carbonyl (C=O) groups is 5. The number of aliphatic hydroxyl groups excluding tert-OH is 2. The number of Topliss-reactive ketones (excluding diaryl/α,β-unsaturated/α-hetero) is 1. The fourth-order valence-electron chi connectivity index (χ4n) is 6.89. The first kappa shape index (κ1) is 35.7. The van der Waals surface area contributed by atoms with E-state index in [1.807, 2.05) is 13.8 Å². The van der Waals surface area contributed by atoms with Gasteiger partial charge in [0, 0.05) is 12.5 Å². The van der Waals surface area contributed by atoms with Gasteiger partial charge in [-0.25, -0.2) is 0 Å². The summed E-state index contributed by atoms with van der Waals surface area (Å²) < 4.78 is 5.21. The lowest BCUT2D eigenvalue weighted by Gasteiger charge is -2.27. The average Bonchev–Trinajstić information content (AvgIpc) is 3.59. The second-order valence-electron chi connectivity index (χ2n) is 13.6. The molecule has 4 atom stereocenters. The van der Waals surface area contributed by atoms with E-state index in [1.54, 1.807) is 24.3 Å². The van der Waals surface area contributed by atoms with Gasteiger partial charge in [-0.15, -0.1) is 0 Å². The minimum absolute atomic E-state index is 0.0778. The van der Waals surface area contributed by atoms with Crippen LogP contribution in [0.15, 0.2) is 24.3 Å². The highest BCUT2D eigenvalue weighted by Gasteiger charge is 2.54. The lowest BCUT2D eigenvalue weighted by molar-refractivity contribution is -0.136. The molecule has 3 unspecified atom stereocenters. The zero-order chi connectivity index (χ0) is 33.3. The maximum absolute atomic E-state index is 13.5. The number of fused-ring (bicyclic) bond motifs is 1. The van der Waals surface area contributed by atoms with Crippen LogP contribution in [-0.4, -0.2) is 88.6 Å². The summed E-state index contributed by atoms with van der Waals surface area (Å²) in [4.78, 5) is 66.1. The molecule has 11 heteroatoms. The minimum atomic E-state index is -1.28. The van der Waals surface area contributed by atoms with Gasteiger partial charge in [-0.3, -0.25) is 28.9 Å². The van der Waals surface area contributed by atoms with Gasteiger partial charge in [-0.05, 0) is 56.1 Å². The summed E-state index contributed by atoms with van der Waals surface area (Å²) in [5.41, 5.74) is -0.328. The Morgan fingerprint density at radius 3 is 2.00 bits per heavy atom. The van der Waals surface area contributed by atoms with Crippen molar-refractivity contribution in [3.8, 4) is 0 Å². The Bertz CT molecular complexity index is 1200. The van der Waals surface area contributed by atoms with Crippen LogP contribution in [0, 0.1) is 17.8 Å². The fourth-order valence-corrected chi connectivity index (χ4v) is 6.89. The quantitative estimate of drug-likeness (QED) is 0.0958. The lowest BCUT2D eigenvalue weighted by atomic mass is 9.85. The van der Waals surface area contributed by atoms with Gasteiger partial charge in [0.05, 0.1) is 37.0 Å². The van der Waals surface area contributed by atoms with Gasteiger partial charge in [0.25, 0.3) is 11.8 Å². The van der Waals surface area contributed by atoms with Crippen LogP contribution >= 0.6 is 0 Å². The lowest BCUT2D eigenvalue weighted by Crippen LogP contribution is -2.56. The van der Waals surface area contributed by atoms with Gasteiger partial charge in [-0.1, -0.05) is 70.9 Å². The van der Waals surface area contributed by atoms with Crippen LogP contribution in [0.1, 0.15) is 112 Å². The number of amides is 4. The molecule has 254 valence electrons. The highest BCUT2D eigenvalue weighted by Crippen LogP contribution is 2.35. The van der Waals surface area contributed by atoms with Gasteiger partial charge >= 0.3 is 0 Å². The van der Waals surface area contributed by atoms with Crippen LogP contribution in [-0.2, 0) is 19.1 Å². The Hall–Kier alpha value is -3.15. The minimum Gasteiger partial charge on any atom is -0.394 e. The number of carbonyl (C=O) groups excluding carboxylic acids is 5. The van der Waals surface area contributed by atoms with Crippen molar-refractivity contribution in [2.75, 3.05) is 26.4 Å². The molecule has 4 amide bonds. The number of hydrogen-bond donors (Lipinski definition) is 4. The molecule has 3 aliphatic rings. The summed E-state index contributed by atoms with van der Waals surface area (Å²) in [6, 6.07) is 4.83. The third kappa shape index (κ3) is 8.80. The average molecular weight is 642 g/mol. The number of epoxide rings is 1. The summed E-state index contributed by atoms with van der Waals surface area (Å²) in [6.07, 6.45) is 10.5. The molecule has 4 N–H and O–H groups in total. The molecular formula is C35H51N3O8. The maximum atomic E-state index is 13.5. The molecule has 11 nitrogen and oxygen atoms in total. The third-order valence-corrected chi connectivity index (χ3v) is 9.68. The van der Waals surface area contributed by atoms with Crippen molar-refractivity contribution >= 4 is 29.4 Å². The molecule has 0 aromatic heterocycles. The highest BCUT2D eigenvalue weighted by atomic mass is 16.6. The molecule has 46 heavy (non-hydrogen) atoms. The number of nitrogens with one attached hydrogen (secondary N) is 2. The first-order valence-electron chi connectivity index (χ1n) is 17.1. The molecule has 1 saturated heterocycles. The molecular weight excluding hydrogens is 590 g/mol. The molecule has 0 bridgehead atoms. The van der Waals surface area contributed by atoms with Crippen LogP contribution in [0.2, 0.25) is 0 Å². The van der Waals surface area contributed by atoms with E-state index in [2.05, 4.69) is 10.6 Å². The predicted molar refractivity (Wildman–Crippen MR) is 171 cm³/mol. The largest absolute Gasteiger partial charge is 0.394 e. The van der Waals surface area contributed by atoms with Crippen molar-refractivity contribution < 1.29 is 38.9 Å². The van der Waals surface area contributed by atoms with Gasteiger partial charge in [-0.2, -0.15) is 0 Å². The topological polar surface area (TPSA) is 166 Å². The zero-order valence-corrected chi connectivity index (χ0v) is 27.3. The van der Waals surface area contributed by atoms with Crippen LogP contribution < -0.4 is 10.6 Å². The van der Waals surface area contributed by atoms with Crippen molar-refractivity contribution in [2.45, 2.75) is 109 Å². The Morgan fingerprint density at radius 2 is 1.46 bits per heavy atom. The van der Waals surface area contributed by atoms with Gasteiger partial charge in [0.2, 0.25) is 11.8 Å². The van der Waals surface area contributed by atoms with E-state index in [4.69, 9.17) is 4.74 Å². The molecule has 1 aliphatic carbocycles. The fraction of sp³-hybridized carbons (Fsp3) is 0.686. The smallest absolute Gasteiger partial charge is 0.261 e. The molecule has 2 aliphatic heterocycles. The van der Waals surface area contributed by atoms with E-state index < -0.39 is 42.6 Å². The van der Waals surface area contributed by atoms with Crippen molar-refractivity contribution in [3.63, 3.8) is 0 Å². The Balaban J connectivity index is 1.21. The Kier molecular flexibility index (Phi) is 12.9. The summed E-state index contributed by atoms with van der Waals surface area (Å²) in [5.74, 6) is -1.66. The van der Waals surface area contributed by atoms with E-state index >= 15 is 0 Å². The molecule has 1 aromatic carbocycles. The van der Waals surface area contributed by atoms with Crippen LogP contribution in [0.3, 0.4) is 0 Å². The van der Waals surface area contributed by atoms with Crippen LogP contribution in [0.5, 0.6) is 0 Å². The number of aliphatic hydroxyl groups is 2. The van der Waals surface area contributed by atoms with Crippen LogP contribution in [0.4, 0.5) is 0 Å². The van der Waals surface area contributed by atoms with Crippen molar-refractivity contribution in [1.29, 1.82) is 0 Å². The monoisotopic (exact) mass is 641 g/mol. The molecule has 1 aromatic rings. The molecule has 2 fully saturated rings. The second kappa shape index (κ2) is 16.6. The molecule has 2 heterocycles. The van der Waals surface area contributed by atoms with E-state index in [-0.39, 0.29) is 42.1 Å². The third-order valence-electron chi connectivity index (χ3n) is 9.68. The second-order valence-corrected chi connectivity index (χ2v) is 13.6. The SMILES string of the molecule is CC(C)CC(NC(=O)C(CO)NC(=O)[C@@H](CCCCCCCCN1C(=O)c2ccccc2C1=O)C1CCCC1)C(=O)C1(CO)CO1. The van der Waals surface area contributed by atoms with E-state index in [9.17, 15) is 34.2 Å². The van der Waals surface area contributed by atoms with Crippen molar-refractivity contribution in [1.82, 2.24) is 15.5 Å². The number of hydrogen-bond acceptors (Lipinski definition) is 8. The number of imide groups is 1. The predicted octanol–water partition coefficient (Wildman–Crippen LogP) is 3.16. The first-order valence-corrected chi connectivity index (χ1v) is 17.1. The number of benzene rings is 1. The summed E-state index contributed by atoms with van der Waals surface area (Å²) in [5, 5.41) is 25.1. The summed E-state index contributed by atoms with van der Waals surface area (Å²) in [7, 11) is 0. The highest BCUT2D eigenvalue weighted by molar-refractivity contribution is 6.21.